The van der Waals surface area contributed by atoms with E-state index in [1.807, 2.05) is 0 Å². The Bertz CT molecular complexity index is 413. The first-order valence-corrected chi connectivity index (χ1v) is 7.12. The van der Waals surface area contributed by atoms with E-state index in [9.17, 15) is 8.78 Å². The van der Waals surface area contributed by atoms with Crippen molar-refractivity contribution in [2.24, 2.45) is 0 Å². The molecule has 2 nitrogen and oxygen atoms in total. The van der Waals surface area contributed by atoms with Gasteiger partial charge in [0.05, 0.1) is 0 Å². The maximum absolute atomic E-state index is 14.0. The summed E-state index contributed by atoms with van der Waals surface area (Å²) in [6.45, 7) is 5.74. The highest BCUT2D eigenvalue weighted by Crippen LogP contribution is 2.29. The van der Waals surface area contributed by atoms with Crippen LogP contribution in [-0.4, -0.2) is 31.1 Å². The van der Waals surface area contributed by atoms with Crippen LogP contribution in [0.2, 0.25) is 0 Å². The monoisotopic (exact) mass is 340 g/mol. The molecule has 0 bridgehead atoms. The lowest BCUT2D eigenvalue weighted by atomic mass is 9.98. The molecule has 6 heteroatoms. The van der Waals surface area contributed by atoms with E-state index in [0.717, 1.165) is 45.4 Å². The fraction of sp³-hybridized carbons (Fsp3) is 0.600. The first kappa shape index (κ1) is 20.6. The van der Waals surface area contributed by atoms with Crippen LogP contribution < -0.4 is 5.32 Å². The largest absolute Gasteiger partial charge is 0.314 e. The number of unbranched alkanes of at least 4 members (excludes halogenated alkanes) is 1. The summed E-state index contributed by atoms with van der Waals surface area (Å²) in [7, 11) is 0. The Morgan fingerprint density at radius 1 is 1.19 bits per heavy atom. The van der Waals surface area contributed by atoms with Gasteiger partial charge in [0.2, 0.25) is 0 Å². The highest BCUT2D eigenvalue weighted by molar-refractivity contribution is 5.85. The van der Waals surface area contributed by atoms with Crippen LogP contribution in [0.15, 0.2) is 18.2 Å². The number of hydrogen-bond acceptors (Lipinski definition) is 2. The van der Waals surface area contributed by atoms with Crippen molar-refractivity contribution in [2.45, 2.75) is 32.2 Å². The number of nitrogens with zero attached hydrogens (tertiary/aromatic N) is 1. The minimum absolute atomic E-state index is 0. The molecular formula is C15H24Cl2F2N2. The predicted octanol–water partition coefficient (Wildman–Crippen LogP) is 3.94. The third-order valence-corrected chi connectivity index (χ3v) is 3.74. The van der Waals surface area contributed by atoms with Gasteiger partial charge < -0.3 is 5.32 Å². The molecule has 1 N–H and O–H groups in total. The molecule has 0 aromatic heterocycles. The number of rotatable bonds is 5. The van der Waals surface area contributed by atoms with Crippen LogP contribution in [0.25, 0.3) is 0 Å². The molecule has 1 aliphatic rings. The first-order valence-electron chi connectivity index (χ1n) is 7.12. The van der Waals surface area contributed by atoms with Gasteiger partial charge in [-0.3, -0.25) is 4.90 Å². The Labute approximate surface area is 138 Å². The van der Waals surface area contributed by atoms with Crippen LogP contribution in [-0.2, 0) is 0 Å². The zero-order valence-corrected chi connectivity index (χ0v) is 13.9. The Balaban J connectivity index is 0.00000200. The number of nitrogens with one attached hydrogen (secondary N) is 1. The van der Waals surface area contributed by atoms with Crippen molar-refractivity contribution in [1.82, 2.24) is 10.2 Å². The molecule has 1 atom stereocenters. The average Bonchev–Trinajstić information content (AvgIpc) is 2.44. The van der Waals surface area contributed by atoms with E-state index in [1.165, 1.54) is 18.2 Å². The Hall–Kier alpha value is -0.420. The molecule has 1 aliphatic heterocycles. The average molecular weight is 341 g/mol. The zero-order chi connectivity index (χ0) is 13.7. The molecule has 0 unspecified atom stereocenters. The molecule has 1 saturated heterocycles. The molecule has 0 saturated carbocycles. The fourth-order valence-corrected chi connectivity index (χ4v) is 2.70. The minimum Gasteiger partial charge on any atom is -0.314 e. The van der Waals surface area contributed by atoms with Crippen LogP contribution in [0.3, 0.4) is 0 Å². The van der Waals surface area contributed by atoms with Crippen LogP contribution in [0, 0.1) is 11.6 Å². The second-order valence-electron chi connectivity index (χ2n) is 5.11. The second-order valence-corrected chi connectivity index (χ2v) is 5.11. The van der Waals surface area contributed by atoms with Gasteiger partial charge in [-0.05, 0) is 24.6 Å². The standard InChI is InChI=1S/C15H22F2N2.2ClH/c1-2-3-4-15(19-9-7-18-8-10-19)13-11-12(16)5-6-14(13)17;;/h5-6,11,15,18H,2-4,7-10H2,1H3;2*1H/t15-;;/m0../s1. The van der Waals surface area contributed by atoms with E-state index in [1.54, 1.807) is 0 Å². The third kappa shape index (κ3) is 5.70. The molecule has 21 heavy (non-hydrogen) atoms. The zero-order valence-electron chi connectivity index (χ0n) is 12.3. The summed E-state index contributed by atoms with van der Waals surface area (Å²) in [5, 5.41) is 3.29. The maximum atomic E-state index is 14.0. The van der Waals surface area contributed by atoms with Crippen molar-refractivity contribution in [3.63, 3.8) is 0 Å². The molecule has 0 amide bonds. The Morgan fingerprint density at radius 2 is 1.86 bits per heavy atom. The van der Waals surface area contributed by atoms with Crippen molar-refractivity contribution in [3.05, 3.63) is 35.4 Å². The summed E-state index contributed by atoms with van der Waals surface area (Å²) in [5.41, 5.74) is 0.510. The minimum atomic E-state index is -0.354. The van der Waals surface area contributed by atoms with Gasteiger partial charge >= 0.3 is 0 Å². The summed E-state index contributed by atoms with van der Waals surface area (Å²) < 4.78 is 27.4. The van der Waals surface area contributed by atoms with Crippen molar-refractivity contribution >= 4 is 24.8 Å². The van der Waals surface area contributed by atoms with Gasteiger partial charge in [0.25, 0.3) is 0 Å². The Kier molecular flexibility index (Phi) is 10.1. The maximum Gasteiger partial charge on any atom is 0.128 e. The molecular weight excluding hydrogens is 317 g/mol. The van der Waals surface area contributed by atoms with Gasteiger partial charge in [0, 0.05) is 37.8 Å². The fourth-order valence-electron chi connectivity index (χ4n) is 2.70. The van der Waals surface area contributed by atoms with Crippen molar-refractivity contribution < 1.29 is 8.78 Å². The van der Waals surface area contributed by atoms with Gasteiger partial charge in [0.15, 0.2) is 0 Å². The van der Waals surface area contributed by atoms with E-state index in [0.29, 0.717) is 5.56 Å². The summed E-state index contributed by atoms with van der Waals surface area (Å²) in [6, 6.07) is 3.79. The van der Waals surface area contributed by atoms with E-state index in [4.69, 9.17) is 0 Å². The third-order valence-electron chi connectivity index (χ3n) is 3.74. The van der Waals surface area contributed by atoms with Crippen molar-refractivity contribution in [1.29, 1.82) is 0 Å². The molecule has 1 aromatic rings. The molecule has 0 radical (unpaired) electrons. The quantitative estimate of drug-likeness (QED) is 0.873. The first-order chi connectivity index (χ1) is 9.22. The second kappa shape index (κ2) is 10.3. The highest BCUT2D eigenvalue weighted by Gasteiger charge is 2.24. The van der Waals surface area contributed by atoms with Crippen LogP contribution in [0.5, 0.6) is 0 Å². The lowest BCUT2D eigenvalue weighted by Gasteiger charge is -2.35. The summed E-state index contributed by atoms with van der Waals surface area (Å²) in [4.78, 5) is 2.27. The SMILES string of the molecule is CCCC[C@@H](c1cc(F)ccc1F)N1CCNCC1.Cl.Cl. The normalized spacial score (nSPS) is 16.7. The van der Waals surface area contributed by atoms with Gasteiger partial charge in [-0.1, -0.05) is 19.8 Å². The van der Waals surface area contributed by atoms with Crippen molar-refractivity contribution in [2.75, 3.05) is 26.2 Å². The molecule has 1 heterocycles. The molecule has 0 spiro atoms. The van der Waals surface area contributed by atoms with Crippen LogP contribution in [0.1, 0.15) is 37.8 Å². The van der Waals surface area contributed by atoms with Gasteiger partial charge in [-0.25, -0.2) is 8.78 Å². The van der Waals surface area contributed by atoms with E-state index < -0.39 is 0 Å². The van der Waals surface area contributed by atoms with E-state index in [-0.39, 0.29) is 42.5 Å². The molecule has 2 rings (SSSR count). The number of piperazine rings is 1. The molecule has 0 aliphatic carbocycles. The Morgan fingerprint density at radius 3 is 2.48 bits per heavy atom. The lowest BCUT2D eigenvalue weighted by Crippen LogP contribution is -2.45. The molecule has 122 valence electrons. The van der Waals surface area contributed by atoms with Crippen LogP contribution >= 0.6 is 24.8 Å². The number of benzene rings is 1. The van der Waals surface area contributed by atoms with Crippen molar-refractivity contribution in [3.8, 4) is 0 Å². The van der Waals surface area contributed by atoms with Crippen LogP contribution in [0.4, 0.5) is 8.78 Å². The van der Waals surface area contributed by atoms with Gasteiger partial charge in [-0.2, -0.15) is 0 Å². The molecule has 1 fully saturated rings. The van der Waals surface area contributed by atoms with Gasteiger partial charge in [0.1, 0.15) is 11.6 Å². The molecule has 1 aromatic carbocycles. The lowest BCUT2D eigenvalue weighted by molar-refractivity contribution is 0.160. The number of hydrogen-bond donors (Lipinski definition) is 1. The predicted molar refractivity (Wildman–Crippen MR) is 87.6 cm³/mol. The topological polar surface area (TPSA) is 15.3 Å². The summed E-state index contributed by atoms with van der Waals surface area (Å²) in [5.74, 6) is -0.644. The van der Waals surface area contributed by atoms with E-state index >= 15 is 0 Å². The smallest absolute Gasteiger partial charge is 0.128 e. The number of halogens is 4. The highest BCUT2D eigenvalue weighted by atomic mass is 35.5. The van der Waals surface area contributed by atoms with Gasteiger partial charge in [-0.15, -0.1) is 24.8 Å². The summed E-state index contributed by atoms with van der Waals surface area (Å²) in [6.07, 6.45) is 2.99. The summed E-state index contributed by atoms with van der Waals surface area (Å²) >= 11 is 0. The van der Waals surface area contributed by atoms with E-state index in [2.05, 4.69) is 17.1 Å².